The Bertz CT molecular complexity index is 2170. The summed E-state index contributed by atoms with van der Waals surface area (Å²) in [4.78, 5) is 19.5. The van der Waals surface area contributed by atoms with Crippen LogP contribution in [0.25, 0.3) is 54.8 Å². The minimum atomic E-state index is -0.869. The molecular formula is C34H30F2N6O3S. The summed E-state index contributed by atoms with van der Waals surface area (Å²) in [6, 6.07) is 11.6. The second-order valence-corrected chi connectivity index (χ2v) is 12.4. The van der Waals surface area contributed by atoms with Crippen molar-refractivity contribution in [1.29, 1.82) is 0 Å². The van der Waals surface area contributed by atoms with Gasteiger partial charge >= 0.3 is 0 Å². The van der Waals surface area contributed by atoms with Gasteiger partial charge in [0.05, 0.1) is 47.9 Å². The van der Waals surface area contributed by atoms with E-state index in [0.717, 1.165) is 39.7 Å². The van der Waals surface area contributed by atoms with Crippen LogP contribution in [0, 0.1) is 11.6 Å². The fraction of sp³-hybridized carbons (Fsp3) is 0.235. The number of nitrogens with zero attached hydrogens (tertiary/aromatic N) is 6. The highest BCUT2D eigenvalue weighted by molar-refractivity contribution is 7.18. The number of aliphatic hydroxyl groups is 1. The molecule has 0 aliphatic carbocycles. The maximum Gasteiger partial charge on any atom is 0.246 e. The molecule has 0 fully saturated rings. The summed E-state index contributed by atoms with van der Waals surface area (Å²) in [6.45, 7) is 7.71. The monoisotopic (exact) mass is 640 g/mol. The Labute approximate surface area is 267 Å². The van der Waals surface area contributed by atoms with Gasteiger partial charge in [0.1, 0.15) is 35.4 Å². The quantitative estimate of drug-likeness (QED) is 0.205. The Hall–Kier alpha value is -4.94. The highest BCUT2D eigenvalue weighted by Crippen LogP contribution is 2.47. The fourth-order valence-corrected chi connectivity index (χ4v) is 6.99. The van der Waals surface area contributed by atoms with Gasteiger partial charge in [0, 0.05) is 51.8 Å². The lowest BCUT2D eigenvalue weighted by molar-refractivity contribution is -0.129. The lowest BCUT2D eigenvalue weighted by atomic mass is 9.96. The number of carbonyl (C=O) groups is 1. The number of hydrogen-bond acceptors (Lipinski definition) is 7. The number of fused-ring (bicyclic) bond motifs is 3. The minimum absolute atomic E-state index is 0.0223. The van der Waals surface area contributed by atoms with Crippen molar-refractivity contribution in [2.75, 3.05) is 6.61 Å². The topological polar surface area (TPSA) is 98.3 Å². The zero-order valence-corrected chi connectivity index (χ0v) is 26.2. The Morgan fingerprint density at radius 1 is 1.20 bits per heavy atom. The number of amides is 1. The molecule has 9 nitrogen and oxygen atoms in total. The Kier molecular flexibility index (Phi) is 7.41. The fourth-order valence-electron chi connectivity index (χ4n) is 6.04. The van der Waals surface area contributed by atoms with Crippen LogP contribution in [0.4, 0.5) is 8.78 Å². The predicted octanol–water partition coefficient (Wildman–Crippen LogP) is 6.34. The molecule has 2 atom stereocenters. The molecule has 2 aromatic carbocycles. The van der Waals surface area contributed by atoms with Gasteiger partial charge < -0.3 is 14.7 Å². The SMILES string of the molecule is C=CC(=O)N1Cc2cc(-c3nc(-c4ccc5c(cnn5C)c4)c4ccsc4c3-c3c(F)cc(F)cc3OC[C@@H](C)O)nn2C[C@H]1C. The van der Waals surface area contributed by atoms with Crippen molar-refractivity contribution in [3.8, 4) is 39.5 Å². The van der Waals surface area contributed by atoms with Crippen LogP contribution in [0.3, 0.4) is 0 Å². The van der Waals surface area contributed by atoms with Gasteiger partial charge in [-0.2, -0.15) is 10.2 Å². The van der Waals surface area contributed by atoms with Gasteiger partial charge in [0.25, 0.3) is 0 Å². The normalized spacial score (nSPS) is 15.3. The van der Waals surface area contributed by atoms with E-state index in [9.17, 15) is 14.3 Å². The number of hydrogen-bond donors (Lipinski definition) is 1. The summed E-state index contributed by atoms with van der Waals surface area (Å²) in [5, 5.41) is 22.8. The minimum Gasteiger partial charge on any atom is -0.490 e. The molecule has 5 heterocycles. The van der Waals surface area contributed by atoms with Crippen LogP contribution in [0.15, 0.2) is 66.7 Å². The van der Waals surface area contributed by atoms with E-state index < -0.39 is 17.7 Å². The van der Waals surface area contributed by atoms with Crippen molar-refractivity contribution >= 4 is 38.2 Å². The molecule has 4 aromatic heterocycles. The Morgan fingerprint density at radius 3 is 2.80 bits per heavy atom. The zero-order chi connectivity index (χ0) is 32.3. The number of carbonyl (C=O) groups excluding carboxylic acids is 1. The summed E-state index contributed by atoms with van der Waals surface area (Å²) in [7, 11) is 1.88. The molecule has 0 bridgehead atoms. The van der Waals surface area contributed by atoms with Crippen LogP contribution in [-0.4, -0.2) is 59.2 Å². The number of halogens is 2. The van der Waals surface area contributed by atoms with E-state index >= 15 is 4.39 Å². The van der Waals surface area contributed by atoms with Gasteiger partial charge in [0.2, 0.25) is 5.91 Å². The standard InChI is InChI=1S/C34H30F2N6O3S/c1-5-29(44)41-16-23-13-26(39-42(23)15-18(41)2)33-31(30-25(36)11-22(35)12-28(30)45-17-19(3)43)34-24(8-9-46-34)32(38-33)20-6-7-27-21(10-20)14-37-40(27)4/h5-14,18-19,43H,1,15-17H2,2-4H3/t18-,19-/m1/s1. The van der Waals surface area contributed by atoms with Gasteiger partial charge in [-0.05, 0) is 49.6 Å². The summed E-state index contributed by atoms with van der Waals surface area (Å²) >= 11 is 1.40. The second kappa shape index (κ2) is 11.5. The first-order chi connectivity index (χ1) is 22.1. The van der Waals surface area contributed by atoms with E-state index in [1.807, 2.05) is 54.4 Å². The molecule has 6 aromatic rings. The maximum absolute atomic E-state index is 16.0. The van der Waals surface area contributed by atoms with Crippen LogP contribution >= 0.6 is 11.3 Å². The molecule has 1 aliphatic heterocycles. The third kappa shape index (κ3) is 5.03. The zero-order valence-electron chi connectivity index (χ0n) is 25.4. The molecular weight excluding hydrogens is 610 g/mol. The van der Waals surface area contributed by atoms with Crippen molar-refractivity contribution in [1.82, 2.24) is 29.4 Å². The number of aliphatic hydroxyl groups excluding tert-OH is 1. The van der Waals surface area contributed by atoms with E-state index in [0.29, 0.717) is 40.4 Å². The lowest BCUT2D eigenvalue weighted by Crippen LogP contribution is -2.44. The van der Waals surface area contributed by atoms with Crippen molar-refractivity contribution in [3.63, 3.8) is 0 Å². The highest BCUT2D eigenvalue weighted by atomic mass is 32.1. The molecule has 0 saturated carbocycles. The lowest BCUT2D eigenvalue weighted by Gasteiger charge is -2.33. The van der Waals surface area contributed by atoms with Gasteiger partial charge in [-0.15, -0.1) is 11.3 Å². The second-order valence-electron chi connectivity index (χ2n) is 11.5. The van der Waals surface area contributed by atoms with E-state index in [4.69, 9.17) is 14.8 Å². The van der Waals surface area contributed by atoms with Crippen LogP contribution < -0.4 is 4.74 Å². The largest absolute Gasteiger partial charge is 0.490 e. The molecule has 0 saturated heterocycles. The molecule has 234 valence electrons. The molecule has 1 amide bonds. The number of ether oxygens (including phenoxy) is 1. The average Bonchev–Trinajstić information content (AvgIpc) is 3.77. The van der Waals surface area contributed by atoms with Gasteiger partial charge in [-0.1, -0.05) is 12.6 Å². The van der Waals surface area contributed by atoms with Crippen molar-refractivity contribution in [3.05, 3.63) is 84.0 Å². The van der Waals surface area contributed by atoms with Gasteiger partial charge in [-0.25, -0.2) is 13.8 Å². The number of aromatic nitrogens is 5. The van der Waals surface area contributed by atoms with E-state index in [-0.39, 0.29) is 29.9 Å². The number of rotatable bonds is 7. The first-order valence-corrected chi connectivity index (χ1v) is 15.6. The van der Waals surface area contributed by atoms with E-state index in [2.05, 4.69) is 11.7 Å². The molecule has 7 rings (SSSR count). The maximum atomic E-state index is 16.0. The first-order valence-electron chi connectivity index (χ1n) is 14.8. The van der Waals surface area contributed by atoms with Crippen molar-refractivity contribution in [2.24, 2.45) is 7.05 Å². The third-order valence-corrected chi connectivity index (χ3v) is 9.17. The van der Waals surface area contributed by atoms with E-state index in [1.165, 1.54) is 24.3 Å². The number of pyridine rings is 1. The first kappa shape index (κ1) is 29.8. The molecule has 46 heavy (non-hydrogen) atoms. The molecule has 0 spiro atoms. The van der Waals surface area contributed by atoms with Crippen LogP contribution in [-0.2, 0) is 24.9 Å². The Morgan fingerprint density at radius 2 is 2.02 bits per heavy atom. The van der Waals surface area contributed by atoms with Crippen LogP contribution in [0.1, 0.15) is 19.5 Å². The Balaban J connectivity index is 1.50. The van der Waals surface area contributed by atoms with Gasteiger partial charge in [-0.3, -0.25) is 14.2 Å². The van der Waals surface area contributed by atoms with Crippen molar-refractivity contribution < 1.29 is 23.4 Å². The summed E-state index contributed by atoms with van der Waals surface area (Å²) < 4.78 is 40.8. The molecule has 1 N–H and O–H groups in total. The number of aryl methyl sites for hydroxylation is 1. The third-order valence-electron chi connectivity index (χ3n) is 8.24. The summed E-state index contributed by atoms with van der Waals surface area (Å²) in [6.07, 6.45) is 2.22. The predicted molar refractivity (Wildman–Crippen MR) is 173 cm³/mol. The molecule has 0 radical (unpaired) electrons. The molecule has 0 unspecified atom stereocenters. The number of thiophene rings is 1. The van der Waals surface area contributed by atoms with Crippen LogP contribution in [0.5, 0.6) is 5.75 Å². The molecule has 12 heteroatoms. The van der Waals surface area contributed by atoms with Crippen molar-refractivity contribution in [2.45, 2.75) is 39.1 Å². The molecule has 1 aliphatic rings. The average molecular weight is 641 g/mol. The highest BCUT2D eigenvalue weighted by Gasteiger charge is 2.30. The van der Waals surface area contributed by atoms with Gasteiger partial charge in [0.15, 0.2) is 0 Å². The summed E-state index contributed by atoms with van der Waals surface area (Å²) in [5.74, 6) is -1.87. The summed E-state index contributed by atoms with van der Waals surface area (Å²) in [5.41, 5.74) is 4.51. The van der Waals surface area contributed by atoms with E-state index in [1.54, 1.807) is 15.8 Å². The number of benzene rings is 2. The smallest absolute Gasteiger partial charge is 0.246 e. The van der Waals surface area contributed by atoms with Crippen LogP contribution in [0.2, 0.25) is 0 Å².